The van der Waals surface area contributed by atoms with Crippen LogP contribution in [0.5, 0.6) is 0 Å². The van der Waals surface area contributed by atoms with Gasteiger partial charge < -0.3 is 15.1 Å². The van der Waals surface area contributed by atoms with E-state index in [1.165, 1.54) is 0 Å². The van der Waals surface area contributed by atoms with Crippen molar-refractivity contribution in [3.63, 3.8) is 0 Å². The smallest absolute Gasteiger partial charge is 0.402 e. The molecule has 0 aliphatic rings. The standard InChI is InChI=1S/Al.BH3O3.3ClH/c;2-1(3)4;;;/h;2-4H;3*1H/q+3;;;;/p-3. The van der Waals surface area contributed by atoms with Crippen LogP contribution in [0.2, 0.25) is 0 Å². The van der Waals surface area contributed by atoms with Crippen LogP contribution < -0.4 is 0 Å². The second-order valence-electron chi connectivity index (χ2n) is 0.594. The Bertz CT molecular complexity index is 30.0. The van der Waals surface area contributed by atoms with E-state index in [-0.39, 0.29) is 0 Å². The Labute approximate surface area is 64.0 Å². The number of rotatable bonds is 0. The Balaban J connectivity index is 0. The third-order valence-electron chi connectivity index (χ3n) is 0. The molecule has 0 saturated carbocycles. The maximum absolute atomic E-state index is 7.17. The minimum Gasteiger partial charge on any atom is -0.402 e. The molecule has 0 heterocycles. The van der Waals surface area contributed by atoms with E-state index in [1.807, 2.05) is 0 Å². The molecule has 0 atom stereocenters. The van der Waals surface area contributed by atoms with Gasteiger partial charge in [-0.2, -0.15) is 0 Å². The molecule has 3 nitrogen and oxygen atoms in total. The van der Waals surface area contributed by atoms with Crippen LogP contribution in [-0.4, -0.2) is 33.8 Å². The van der Waals surface area contributed by atoms with Gasteiger partial charge in [0.1, 0.15) is 0 Å². The number of hydrogen-bond acceptors (Lipinski definition) is 3. The van der Waals surface area contributed by atoms with E-state index in [4.69, 9.17) is 45.2 Å². The topological polar surface area (TPSA) is 60.7 Å². The van der Waals surface area contributed by atoms with Crippen molar-refractivity contribution in [2.24, 2.45) is 0 Å². The zero-order chi connectivity index (χ0) is 7.15. The number of hydrogen-bond donors (Lipinski definition) is 3. The van der Waals surface area contributed by atoms with Gasteiger partial charge in [-0.05, 0) is 0 Å². The van der Waals surface area contributed by atoms with E-state index in [9.17, 15) is 0 Å². The lowest BCUT2D eigenvalue weighted by molar-refractivity contribution is 0.278. The minimum absolute atomic E-state index is 1.72. The lowest BCUT2D eigenvalue weighted by Gasteiger charge is -1.69. The first-order valence-corrected chi connectivity index (χ1v) is 6.67. The van der Waals surface area contributed by atoms with Gasteiger partial charge in [0.15, 0.2) is 0 Å². The molecule has 0 spiro atoms. The minimum atomic E-state index is -2.17. The van der Waals surface area contributed by atoms with Crippen molar-refractivity contribution in [1.29, 1.82) is 0 Å². The summed E-state index contributed by atoms with van der Waals surface area (Å²) in [7, 11) is 12.7. The van der Waals surface area contributed by atoms with Crippen LogP contribution in [-0.2, 0) is 0 Å². The van der Waals surface area contributed by atoms with Gasteiger partial charge in [0, 0.05) is 0 Å². The van der Waals surface area contributed by atoms with Crippen LogP contribution in [0.3, 0.4) is 0 Å². The van der Waals surface area contributed by atoms with Gasteiger partial charge in [0.25, 0.3) is 0 Å². The van der Waals surface area contributed by atoms with E-state index in [0.717, 1.165) is 0 Å². The van der Waals surface area contributed by atoms with Gasteiger partial charge in [0.05, 0.1) is 0 Å². The van der Waals surface area contributed by atoms with Gasteiger partial charge in [-0.3, -0.25) is 0 Å². The Kier molecular flexibility index (Phi) is 12.6. The SMILES string of the molecule is OB(O)O.[Cl][Al]([Cl])[Cl]. The molecule has 0 unspecified atom stereocenters. The van der Waals surface area contributed by atoms with Crippen molar-refractivity contribution >= 4 is 48.9 Å². The van der Waals surface area contributed by atoms with Gasteiger partial charge in [-0.1, -0.05) is 0 Å². The molecule has 0 aromatic heterocycles. The van der Waals surface area contributed by atoms with Crippen molar-refractivity contribution in [1.82, 2.24) is 0 Å². The highest BCUT2D eigenvalue weighted by atomic mass is 35.8. The lowest BCUT2D eigenvalue weighted by atomic mass is 10.3. The van der Waals surface area contributed by atoms with Crippen molar-refractivity contribution < 1.29 is 15.1 Å². The molecule has 0 amide bonds. The van der Waals surface area contributed by atoms with E-state index in [2.05, 4.69) is 0 Å². The molecule has 0 radical (unpaired) electrons. The first kappa shape index (κ1) is 12.1. The Morgan fingerprint density at radius 3 is 1.00 bits per heavy atom. The molecule has 0 aliphatic carbocycles. The molecule has 0 fully saturated rings. The Morgan fingerprint density at radius 1 is 1.00 bits per heavy atom. The summed E-state index contributed by atoms with van der Waals surface area (Å²) in [5, 5.41) is 21.5. The van der Waals surface area contributed by atoms with Crippen LogP contribution in [0.25, 0.3) is 0 Å². The molecule has 8 heavy (non-hydrogen) atoms. The fourth-order valence-corrected chi connectivity index (χ4v) is 0. The average Bonchev–Trinajstić information content (AvgIpc) is 1.25. The van der Waals surface area contributed by atoms with Gasteiger partial charge in [-0.25, -0.2) is 30.1 Å². The number of halogens is 3. The molecule has 0 aromatic rings. The molecule has 8 heteroatoms. The predicted octanol–water partition coefficient (Wildman–Crippen LogP) is -0.364. The van der Waals surface area contributed by atoms with Crippen LogP contribution in [0.4, 0.5) is 0 Å². The van der Waals surface area contributed by atoms with Crippen LogP contribution in [0.1, 0.15) is 0 Å². The van der Waals surface area contributed by atoms with E-state index in [1.54, 1.807) is 0 Å². The van der Waals surface area contributed by atoms with Crippen molar-refractivity contribution in [3.8, 4) is 0 Å². The third-order valence-corrected chi connectivity index (χ3v) is 0. The summed E-state index contributed by atoms with van der Waals surface area (Å²) in [6.45, 7) is 0. The molecule has 0 bridgehead atoms. The summed E-state index contributed by atoms with van der Waals surface area (Å²) in [6, 6.07) is 0. The summed E-state index contributed by atoms with van der Waals surface area (Å²) in [5.41, 5.74) is 0. The highest BCUT2D eigenvalue weighted by Crippen LogP contribution is 1.97. The summed E-state index contributed by atoms with van der Waals surface area (Å²) in [4.78, 5) is 0. The van der Waals surface area contributed by atoms with Gasteiger partial charge >= 0.3 is 18.7 Å². The van der Waals surface area contributed by atoms with Crippen molar-refractivity contribution in [2.75, 3.05) is 0 Å². The van der Waals surface area contributed by atoms with E-state index < -0.39 is 18.7 Å². The Morgan fingerprint density at radius 2 is 1.00 bits per heavy atom. The summed E-state index contributed by atoms with van der Waals surface area (Å²) >= 11 is -1.72. The maximum atomic E-state index is 7.17. The van der Waals surface area contributed by atoms with Crippen LogP contribution in [0.15, 0.2) is 0 Å². The van der Waals surface area contributed by atoms with Crippen LogP contribution in [0, 0.1) is 0 Å². The first-order chi connectivity index (χ1) is 3.46. The summed E-state index contributed by atoms with van der Waals surface area (Å²) in [5.74, 6) is 0. The van der Waals surface area contributed by atoms with E-state index >= 15 is 0 Å². The quantitative estimate of drug-likeness (QED) is 0.462. The largest absolute Gasteiger partial charge is 0.643 e. The average molecular weight is 195 g/mol. The fraction of sp³-hybridized carbons (Fsp3) is 0. The second-order valence-corrected chi connectivity index (χ2v) is 7.03. The summed E-state index contributed by atoms with van der Waals surface area (Å²) < 4.78 is 0. The molecule has 0 aromatic carbocycles. The molecule has 0 saturated heterocycles. The normalized spacial score (nSPS) is 6.75. The zero-order valence-corrected chi connectivity index (χ0v) is 7.05. The fourth-order valence-electron chi connectivity index (χ4n) is 0. The molecule has 48 valence electrons. The zero-order valence-electron chi connectivity index (χ0n) is 3.63. The van der Waals surface area contributed by atoms with E-state index in [0.29, 0.717) is 0 Å². The van der Waals surface area contributed by atoms with Crippen LogP contribution >= 0.6 is 30.1 Å². The molecule has 3 N–H and O–H groups in total. The monoisotopic (exact) mass is 194 g/mol. The highest BCUT2D eigenvalue weighted by molar-refractivity contribution is 7.54. The predicted molar refractivity (Wildman–Crippen MR) is 35.7 cm³/mol. The second kappa shape index (κ2) is 8.35. The third kappa shape index (κ3) is 163. The molecular weight excluding hydrogens is 192 g/mol. The molecular formula is H3AlBCl3O3. The van der Waals surface area contributed by atoms with Gasteiger partial charge in [0.2, 0.25) is 0 Å². The van der Waals surface area contributed by atoms with Gasteiger partial charge in [-0.15, -0.1) is 0 Å². The molecule has 0 aliphatic heterocycles. The summed E-state index contributed by atoms with van der Waals surface area (Å²) in [6.07, 6.45) is 0. The first-order valence-electron chi connectivity index (χ1n) is 1.43. The van der Waals surface area contributed by atoms with Crippen molar-refractivity contribution in [3.05, 3.63) is 0 Å². The van der Waals surface area contributed by atoms with Crippen molar-refractivity contribution in [2.45, 2.75) is 0 Å². The Hall–Kier alpha value is 1.35. The maximum Gasteiger partial charge on any atom is 0.643 e. The molecule has 0 rings (SSSR count). The lowest BCUT2D eigenvalue weighted by Crippen LogP contribution is -2.07. The highest BCUT2D eigenvalue weighted by Gasteiger charge is 2.00.